The Morgan fingerprint density at radius 3 is 2.61 bits per heavy atom. The van der Waals surface area contributed by atoms with E-state index in [1.54, 1.807) is 20.8 Å². The zero-order chi connectivity index (χ0) is 17.2. The fourth-order valence-electron chi connectivity index (χ4n) is 2.05. The van der Waals surface area contributed by atoms with Crippen LogP contribution in [0.2, 0.25) is 0 Å². The molecule has 0 aliphatic rings. The van der Waals surface area contributed by atoms with Gasteiger partial charge in [0.15, 0.2) is 5.69 Å². The van der Waals surface area contributed by atoms with Gasteiger partial charge in [0.25, 0.3) is 15.1 Å². The van der Waals surface area contributed by atoms with Gasteiger partial charge in [-0.3, -0.25) is 0 Å². The molecule has 23 heavy (non-hydrogen) atoms. The van der Waals surface area contributed by atoms with Gasteiger partial charge in [0, 0.05) is 17.7 Å². The van der Waals surface area contributed by atoms with Crippen LogP contribution in [0.1, 0.15) is 34.4 Å². The van der Waals surface area contributed by atoms with Crippen LogP contribution in [0.25, 0.3) is 0 Å². The van der Waals surface area contributed by atoms with Crippen LogP contribution in [0.4, 0.5) is 0 Å². The molecule has 0 radical (unpaired) electrons. The third-order valence-electron chi connectivity index (χ3n) is 3.20. The van der Waals surface area contributed by atoms with E-state index in [1.807, 2.05) is 0 Å². The Morgan fingerprint density at radius 2 is 2.04 bits per heavy atom. The van der Waals surface area contributed by atoms with Gasteiger partial charge in [-0.2, -0.15) is 0 Å². The van der Waals surface area contributed by atoms with E-state index >= 15 is 0 Å². The Balaban J connectivity index is 2.11. The highest BCUT2D eigenvalue weighted by Gasteiger charge is 2.25. The number of carbonyl (C=O) groups is 1. The standard InChI is InChI=1S/C13H17N3O6S/c1-7(5-10-8(2)14-21-9(10)3)16-23(18,19)12-6-11(15-22-12)13(17)20-4/h6-7,16H,5H2,1-4H3/t7-/m1/s1. The topological polar surface area (TPSA) is 125 Å². The maximum atomic E-state index is 12.2. The monoisotopic (exact) mass is 343 g/mol. The molecule has 2 aromatic heterocycles. The van der Waals surface area contributed by atoms with E-state index in [1.165, 1.54) is 0 Å². The lowest BCUT2D eigenvalue weighted by molar-refractivity contribution is 0.0588. The molecule has 0 spiro atoms. The first-order valence-corrected chi connectivity index (χ1v) is 8.22. The fraction of sp³-hybridized carbons (Fsp3) is 0.462. The van der Waals surface area contributed by atoms with E-state index in [2.05, 4.69) is 19.8 Å². The maximum Gasteiger partial charge on any atom is 0.360 e. The molecule has 0 saturated heterocycles. The molecule has 0 aromatic carbocycles. The molecule has 0 amide bonds. The van der Waals surface area contributed by atoms with Gasteiger partial charge in [0.1, 0.15) is 5.76 Å². The Kier molecular flexibility index (Phi) is 4.85. The lowest BCUT2D eigenvalue weighted by Gasteiger charge is -2.12. The smallest absolute Gasteiger partial charge is 0.360 e. The van der Waals surface area contributed by atoms with Gasteiger partial charge in [-0.25, -0.2) is 17.9 Å². The molecule has 0 aliphatic heterocycles. The molecular weight excluding hydrogens is 326 g/mol. The van der Waals surface area contributed by atoms with Crippen LogP contribution < -0.4 is 4.72 Å². The average Bonchev–Trinajstić information content (AvgIpc) is 3.09. The van der Waals surface area contributed by atoms with Crippen molar-refractivity contribution in [3.63, 3.8) is 0 Å². The quantitative estimate of drug-likeness (QED) is 0.769. The van der Waals surface area contributed by atoms with Crippen molar-refractivity contribution < 1.29 is 27.0 Å². The van der Waals surface area contributed by atoms with Crippen LogP contribution in [0.15, 0.2) is 20.2 Å². The summed E-state index contributed by atoms with van der Waals surface area (Å²) in [6, 6.07) is 0.569. The summed E-state index contributed by atoms with van der Waals surface area (Å²) in [6.45, 7) is 5.24. The van der Waals surface area contributed by atoms with E-state index < -0.39 is 27.1 Å². The third kappa shape index (κ3) is 3.77. The third-order valence-corrected chi connectivity index (χ3v) is 4.63. The average molecular weight is 343 g/mol. The number of methoxy groups -OCH3 is 1. The summed E-state index contributed by atoms with van der Waals surface area (Å²) < 4.78 is 41.1. The van der Waals surface area contributed by atoms with Crippen LogP contribution in [0, 0.1) is 13.8 Å². The molecular formula is C13H17N3O6S. The van der Waals surface area contributed by atoms with Gasteiger partial charge in [0.2, 0.25) is 0 Å². The van der Waals surface area contributed by atoms with Gasteiger partial charge < -0.3 is 13.8 Å². The van der Waals surface area contributed by atoms with Crippen molar-refractivity contribution in [3.8, 4) is 0 Å². The van der Waals surface area contributed by atoms with E-state index in [0.29, 0.717) is 17.9 Å². The SMILES string of the molecule is COC(=O)c1cc(S(=O)(=O)N[C@H](C)Cc2c(C)noc2C)on1. The largest absolute Gasteiger partial charge is 0.464 e. The highest BCUT2D eigenvalue weighted by Crippen LogP contribution is 2.16. The number of hydrogen-bond acceptors (Lipinski definition) is 8. The van der Waals surface area contributed by atoms with E-state index in [4.69, 9.17) is 9.05 Å². The summed E-state index contributed by atoms with van der Waals surface area (Å²) in [4.78, 5) is 11.3. The van der Waals surface area contributed by atoms with E-state index in [-0.39, 0.29) is 5.69 Å². The Bertz CT molecular complexity index is 788. The summed E-state index contributed by atoms with van der Waals surface area (Å²) >= 11 is 0. The fourth-order valence-corrected chi connectivity index (χ4v) is 3.18. The summed E-state index contributed by atoms with van der Waals surface area (Å²) in [5.74, 6) is -0.139. The van der Waals surface area contributed by atoms with Crippen molar-refractivity contribution in [2.45, 2.75) is 38.3 Å². The lowest BCUT2D eigenvalue weighted by atomic mass is 10.1. The first-order valence-electron chi connectivity index (χ1n) is 6.73. The number of rotatable bonds is 6. The summed E-state index contributed by atoms with van der Waals surface area (Å²) in [5.41, 5.74) is 1.33. The molecule has 1 N–H and O–H groups in total. The number of sulfonamides is 1. The first kappa shape index (κ1) is 17.2. The molecule has 0 saturated carbocycles. The van der Waals surface area contributed by atoms with Gasteiger partial charge >= 0.3 is 5.97 Å². The molecule has 1 atom stereocenters. The second kappa shape index (κ2) is 6.50. The Labute approximate surface area is 133 Å². The number of esters is 1. The van der Waals surface area contributed by atoms with Crippen molar-refractivity contribution in [1.29, 1.82) is 0 Å². The van der Waals surface area contributed by atoms with Gasteiger partial charge in [0.05, 0.1) is 12.8 Å². The van der Waals surface area contributed by atoms with Crippen molar-refractivity contribution in [2.75, 3.05) is 7.11 Å². The lowest BCUT2D eigenvalue weighted by Crippen LogP contribution is -2.34. The molecule has 0 unspecified atom stereocenters. The van der Waals surface area contributed by atoms with Crippen LogP contribution in [0.3, 0.4) is 0 Å². The first-order chi connectivity index (χ1) is 10.7. The number of aromatic nitrogens is 2. The zero-order valence-electron chi connectivity index (χ0n) is 13.1. The minimum atomic E-state index is -3.95. The molecule has 9 nitrogen and oxygen atoms in total. The highest BCUT2D eigenvalue weighted by molar-refractivity contribution is 7.89. The molecule has 0 fully saturated rings. The minimum absolute atomic E-state index is 0.216. The van der Waals surface area contributed by atoms with Gasteiger partial charge in [-0.05, 0) is 27.2 Å². The number of nitrogens with one attached hydrogen (secondary N) is 1. The second-order valence-corrected chi connectivity index (χ2v) is 6.70. The van der Waals surface area contributed by atoms with Crippen LogP contribution >= 0.6 is 0 Å². The van der Waals surface area contributed by atoms with Gasteiger partial charge in [-0.15, -0.1) is 0 Å². The Hall–Kier alpha value is -2.20. The summed E-state index contributed by atoms with van der Waals surface area (Å²) in [5, 5.41) is 6.74. The van der Waals surface area contributed by atoms with Crippen molar-refractivity contribution in [1.82, 2.24) is 15.0 Å². The normalized spacial score (nSPS) is 13.0. The molecule has 2 aromatic rings. The highest BCUT2D eigenvalue weighted by atomic mass is 32.2. The van der Waals surface area contributed by atoms with Crippen molar-refractivity contribution >= 4 is 16.0 Å². The maximum absolute atomic E-state index is 12.2. The zero-order valence-corrected chi connectivity index (χ0v) is 13.9. The number of nitrogens with zero attached hydrogens (tertiary/aromatic N) is 2. The number of carbonyl (C=O) groups excluding carboxylic acids is 1. The van der Waals surface area contributed by atoms with E-state index in [9.17, 15) is 13.2 Å². The molecule has 2 rings (SSSR count). The van der Waals surface area contributed by atoms with Crippen LogP contribution in [-0.4, -0.2) is 37.9 Å². The number of aryl methyl sites for hydroxylation is 2. The predicted octanol–water partition coefficient (Wildman–Crippen LogP) is 0.976. The van der Waals surface area contributed by atoms with Crippen molar-refractivity contribution in [3.05, 3.63) is 28.8 Å². The minimum Gasteiger partial charge on any atom is -0.464 e. The summed E-state index contributed by atoms with van der Waals surface area (Å²) in [6.07, 6.45) is 0.401. The molecule has 126 valence electrons. The predicted molar refractivity (Wildman–Crippen MR) is 77.3 cm³/mol. The second-order valence-electron chi connectivity index (χ2n) is 5.05. The van der Waals surface area contributed by atoms with Crippen LogP contribution in [0.5, 0.6) is 0 Å². The van der Waals surface area contributed by atoms with Crippen molar-refractivity contribution in [2.24, 2.45) is 0 Å². The molecule has 2 heterocycles. The number of hydrogen-bond donors (Lipinski definition) is 1. The molecule has 0 aliphatic carbocycles. The molecule has 10 heteroatoms. The van der Waals surface area contributed by atoms with Crippen LogP contribution in [-0.2, 0) is 21.2 Å². The van der Waals surface area contributed by atoms with E-state index in [0.717, 1.165) is 18.7 Å². The van der Waals surface area contributed by atoms with Gasteiger partial charge in [-0.1, -0.05) is 10.3 Å². The summed E-state index contributed by atoms with van der Waals surface area (Å²) in [7, 11) is -2.79. The Morgan fingerprint density at radius 1 is 1.35 bits per heavy atom. The number of ether oxygens (including phenoxy) is 1. The molecule has 0 bridgehead atoms.